The van der Waals surface area contributed by atoms with Crippen LogP contribution < -0.4 is 5.14 Å². The van der Waals surface area contributed by atoms with Crippen molar-refractivity contribution in [2.45, 2.75) is 43.6 Å². The number of carbonyl (C=O) groups is 1. The minimum absolute atomic E-state index is 0.0983. The summed E-state index contributed by atoms with van der Waals surface area (Å²) in [7, 11) is -3.93. The Labute approximate surface area is 123 Å². The molecule has 0 spiro atoms. The molecular formula is C13H16ClNO4S. The highest BCUT2D eigenvalue weighted by Gasteiger charge is 2.24. The van der Waals surface area contributed by atoms with Gasteiger partial charge in [0.05, 0.1) is 10.5 Å². The van der Waals surface area contributed by atoms with Crippen LogP contribution in [-0.2, 0) is 14.8 Å². The highest BCUT2D eigenvalue weighted by molar-refractivity contribution is 7.89. The molecule has 0 bridgehead atoms. The number of hydrogen-bond donors (Lipinski definition) is 1. The SMILES string of the molecule is Cc1c(C(=O)OC2CCCC2)cc(Cl)cc1S(N)(=O)=O. The Balaban J connectivity index is 2.36. The van der Waals surface area contributed by atoms with Gasteiger partial charge in [0, 0.05) is 5.02 Å². The Kier molecular flexibility index (Phi) is 4.36. The molecular weight excluding hydrogens is 302 g/mol. The summed E-state index contributed by atoms with van der Waals surface area (Å²) in [5, 5.41) is 5.26. The molecule has 20 heavy (non-hydrogen) atoms. The monoisotopic (exact) mass is 317 g/mol. The van der Waals surface area contributed by atoms with E-state index in [1.165, 1.54) is 19.1 Å². The van der Waals surface area contributed by atoms with Crippen LogP contribution in [0.2, 0.25) is 5.02 Å². The van der Waals surface area contributed by atoms with E-state index < -0.39 is 16.0 Å². The van der Waals surface area contributed by atoms with E-state index in [-0.39, 0.29) is 27.1 Å². The highest BCUT2D eigenvalue weighted by atomic mass is 35.5. The van der Waals surface area contributed by atoms with Crippen molar-refractivity contribution in [3.05, 3.63) is 28.3 Å². The molecule has 5 nitrogen and oxygen atoms in total. The maximum atomic E-state index is 12.1. The normalized spacial score (nSPS) is 16.4. The number of esters is 1. The van der Waals surface area contributed by atoms with Crippen molar-refractivity contribution in [1.29, 1.82) is 0 Å². The highest BCUT2D eigenvalue weighted by Crippen LogP contribution is 2.27. The van der Waals surface area contributed by atoms with E-state index >= 15 is 0 Å². The number of carbonyl (C=O) groups excluding carboxylic acids is 1. The number of nitrogens with two attached hydrogens (primary N) is 1. The minimum Gasteiger partial charge on any atom is -0.459 e. The van der Waals surface area contributed by atoms with Crippen molar-refractivity contribution in [2.75, 3.05) is 0 Å². The standard InChI is InChI=1S/C13H16ClNO4S/c1-8-11(13(16)19-10-4-2-3-5-10)6-9(14)7-12(8)20(15,17)18/h6-7,10H,2-5H2,1H3,(H2,15,17,18). The van der Waals surface area contributed by atoms with Gasteiger partial charge in [-0.05, 0) is 50.3 Å². The molecule has 0 aromatic heterocycles. The molecule has 1 fully saturated rings. The van der Waals surface area contributed by atoms with Crippen LogP contribution in [0.1, 0.15) is 41.6 Å². The van der Waals surface area contributed by atoms with Gasteiger partial charge >= 0.3 is 5.97 Å². The molecule has 0 saturated heterocycles. The number of halogens is 1. The van der Waals surface area contributed by atoms with E-state index in [9.17, 15) is 13.2 Å². The van der Waals surface area contributed by atoms with Gasteiger partial charge in [0.25, 0.3) is 0 Å². The van der Waals surface area contributed by atoms with Crippen molar-refractivity contribution in [3.63, 3.8) is 0 Å². The third kappa shape index (κ3) is 3.31. The second-order valence-electron chi connectivity index (χ2n) is 4.93. The maximum absolute atomic E-state index is 12.1. The first-order valence-corrected chi connectivity index (χ1v) is 8.25. The van der Waals surface area contributed by atoms with E-state index in [1.54, 1.807) is 0 Å². The van der Waals surface area contributed by atoms with Crippen LogP contribution >= 0.6 is 11.6 Å². The molecule has 0 aliphatic heterocycles. The fourth-order valence-electron chi connectivity index (χ4n) is 2.38. The smallest absolute Gasteiger partial charge is 0.338 e. The van der Waals surface area contributed by atoms with Gasteiger partial charge in [-0.1, -0.05) is 11.6 Å². The zero-order chi connectivity index (χ0) is 14.9. The summed E-state index contributed by atoms with van der Waals surface area (Å²) in [4.78, 5) is 12.0. The van der Waals surface area contributed by atoms with Crippen molar-refractivity contribution in [3.8, 4) is 0 Å². The van der Waals surface area contributed by atoms with Gasteiger partial charge in [0.2, 0.25) is 10.0 Å². The Bertz CT molecular complexity index is 636. The lowest BCUT2D eigenvalue weighted by Crippen LogP contribution is -2.19. The molecule has 1 saturated carbocycles. The molecule has 110 valence electrons. The molecule has 0 heterocycles. The van der Waals surface area contributed by atoms with Crippen LogP contribution in [0.15, 0.2) is 17.0 Å². The van der Waals surface area contributed by atoms with Gasteiger partial charge in [0.1, 0.15) is 6.10 Å². The van der Waals surface area contributed by atoms with Crippen molar-refractivity contribution < 1.29 is 17.9 Å². The van der Waals surface area contributed by atoms with Gasteiger partial charge in [-0.3, -0.25) is 0 Å². The predicted octanol–water partition coefficient (Wildman–Crippen LogP) is 2.40. The fourth-order valence-corrected chi connectivity index (χ4v) is 3.49. The average molecular weight is 318 g/mol. The molecule has 0 radical (unpaired) electrons. The summed E-state index contributed by atoms with van der Waals surface area (Å²) in [5.74, 6) is -0.554. The summed E-state index contributed by atoms with van der Waals surface area (Å²) in [5.41, 5.74) is 0.410. The van der Waals surface area contributed by atoms with Crippen LogP contribution in [0, 0.1) is 6.92 Å². The topological polar surface area (TPSA) is 86.5 Å². The average Bonchev–Trinajstić information content (AvgIpc) is 2.83. The first-order chi connectivity index (χ1) is 9.29. The molecule has 2 N–H and O–H groups in total. The number of hydrogen-bond acceptors (Lipinski definition) is 4. The van der Waals surface area contributed by atoms with Crippen molar-refractivity contribution in [2.24, 2.45) is 5.14 Å². The van der Waals surface area contributed by atoms with Crippen LogP contribution in [0.4, 0.5) is 0 Å². The van der Waals surface area contributed by atoms with Crippen molar-refractivity contribution >= 4 is 27.6 Å². The second-order valence-corrected chi connectivity index (χ2v) is 6.90. The third-order valence-corrected chi connectivity index (χ3v) is 4.68. The number of primary sulfonamides is 1. The molecule has 0 unspecified atom stereocenters. The third-order valence-electron chi connectivity index (χ3n) is 3.43. The summed E-state index contributed by atoms with van der Waals surface area (Å²) in [6.07, 6.45) is 3.66. The van der Waals surface area contributed by atoms with E-state index in [0.717, 1.165) is 25.7 Å². The van der Waals surface area contributed by atoms with Gasteiger partial charge < -0.3 is 4.74 Å². The number of sulfonamides is 1. The van der Waals surface area contributed by atoms with Crippen LogP contribution in [-0.4, -0.2) is 20.5 Å². The zero-order valence-corrected chi connectivity index (χ0v) is 12.6. The number of ether oxygens (including phenoxy) is 1. The number of rotatable bonds is 3. The van der Waals surface area contributed by atoms with Crippen LogP contribution in [0.5, 0.6) is 0 Å². The quantitative estimate of drug-likeness (QED) is 0.867. The van der Waals surface area contributed by atoms with E-state index in [2.05, 4.69) is 0 Å². The first-order valence-electron chi connectivity index (χ1n) is 6.33. The summed E-state index contributed by atoms with van der Waals surface area (Å²) in [6.45, 7) is 1.52. The van der Waals surface area contributed by atoms with Gasteiger partial charge in [0.15, 0.2) is 0 Å². The van der Waals surface area contributed by atoms with Gasteiger partial charge in [-0.25, -0.2) is 18.4 Å². The van der Waals surface area contributed by atoms with E-state index in [0.29, 0.717) is 0 Å². The Morgan fingerprint density at radius 3 is 2.50 bits per heavy atom. The molecule has 1 aromatic rings. The first kappa shape index (κ1) is 15.3. The summed E-state index contributed by atoms with van der Waals surface area (Å²) < 4.78 is 28.4. The molecule has 0 amide bonds. The largest absolute Gasteiger partial charge is 0.459 e. The Morgan fingerprint density at radius 2 is 1.95 bits per heavy atom. The summed E-state index contributed by atoms with van der Waals surface area (Å²) >= 11 is 5.86. The van der Waals surface area contributed by atoms with Crippen molar-refractivity contribution in [1.82, 2.24) is 0 Å². The Morgan fingerprint density at radius 1 is 1.35 bits per heavy atom. The van der Waals surface area contributed by atoms with E-state index in [1.807, 2.05) is 0 Å². The van der Waals surface area contributed by atoms with Gasteiger partial charge in [-0.15, -0.1) is 0 Å². The molecule has 1 aliphatic carbocycles. The molecule has 2 rings (SSSR count). The fraction of sp³-hybridized carbons (Fsp3) is 0.462. The van der Waals surface area contributed by atoms with Gasteiger partial charge in [-0.2, -0.15) is 0 Å². The predicted molar refractivity (Wildman–Crippen MR) is 75.2 cm³/mol. The maximum Gasteiger partial charge on any atom is 0.338 e. The van der Waals surface area contributed by atoms with Crippen LogP contribution in [0.3, 0.4) is 0 Å². The lowest BCUT2D eigenvalue weighted by atomic mass is 10.1. The molecule has 1 aliphatic rings. The Hall–Kier alpha value is -1.11. The number of benzene rings is 1. The second kappa shape index (κ2) is 5.71. The minimum atomic E-state index is -3.93. The molecule has 0 atom stereocenters. The summed E-state index contributed by atoms with van der Waals surface area (Å²) in [6, 6.07) is 2.64. The van der Waals surface area contributed by atoms with E-state index in [4.69, 9.17) is 21.5 Å². The van der Waals surface area contributed by atoms with Crippen LogP contribution in [0.25, 0.3) is 0 Å². The lowest BCUT2D eigenvalue weighted by molar-refractivity contribution is 0.0316. The zero-order valence-electron chi connectivity index (χ0n) is 11.1. The lowest BCUT2D eigenvalue weighted by Gasteiger charge is -2.14. The molecule has 7 heteroatoms. The molecule has 1 aromatic carbocycles.